The molecule has 3 rings (SSSR count). The van der Waals surface area contributed by atoms with Crippen molar-refractivity contribution in [2.24, 2.45) is 0 Å². The fourth-order valence-corrected chi connectivity index (χ4v) is 2.32. The number of halogens is 3. The Morgan fingerprint density at radius 3 is 2.60 bits per heavy atom. The van der Waals surface area contributed by atoms with Crippen LogP contribution in [-0.2, 0) is 0 Å². The summed E-state index contributed by atoms with van der Waals surface area (Å²) in [7, 11) is 0. The van der Waals surface area contributed by atoms with E-state index in [1.165, 1.54) is 22.7 Å². The van der Waals surface area contributed by atoms with E-state index in [0.29, 0.717) is 15.8 Å². The highest BCUT2D eigenvalue weighted by Crippen LogP contribution is 2.27. The van der Waals surface area contributed by atoms with E-state index in [9.17, 15) is 4.39 Å². The summed E-state index contributed by atoms with van der Waals surface area (Å²) in [5.74, 6) is -0.176. The van der Waals surface area contributed by atoms with Gasteiger partial charge in [-0.1, -0.05) is 23.2 Å². The zero-order valence-electron chi connectivity index (χ0n) is 10.7. The number of hydrogen-bond acceptors (Lipinski definition) is 3. The summed E-state index contributed by atoms with van der Waals surface area (Å²) in [6, 6.07) is 4.24. The molecule has 0 aliphatic carbocycles. The maximum absolute atomic E-state index is 13.9. The van der Waals surface area contributed by atoms with Gasteiger partial charge >= 0.3 is 0 Å². The van der Waals surface area contributed by atoms with E-state index in [2.05, 4.69) is 15.3 Å². The molecule has 4 nitrogen and oxygen atoms in total. The number of benzene rings is 1. The van der Waals surface area contributed by atoms with Crippen molar-refractivity contribution in [1.29, 1.82) is 0 Å². The lowest BCUT2D eigenvalue weighted by Gasteiger charge is -2.06. The molecule has 0 amide bonds. The summed E-state index contributed by atoms with van der Waals surface area (Å²) in [5.41, 5.74) is 2.45. The molecule has 2 aromatic heterocycles. The molecule has 0 radical (unpaired) electrons. The van der Waals surface area contributed by atoms with E-state index >= 15 is 0 Å². The van der Waals surface area contributed by atoms with Gasteiger partial charge in [0.2, 0.25) is 0 Å². The average Bonchev–Trinajstić information content (AvgIpc) is 2.82. The summed E-state index contributed by atoms with van der Waals surface area (Å²) in [5, 5.41) is 13.0. The Labute approximate surface area is 124 Å². The summed E-state index contributed by atoms with van der Waals surface area (Å²) in [6.45, 7) is 3.71. The molecule has 0 fully saturated rings. The van der Waals surface area contributed by atoms with Gasteiger partial charge in [-0.25, -0.2) is 4.39 Å². The van der Waals surface area contributed by atoms with Gasteiger partial charge < -0.3 is 0 Å². The van der Waals surface area contributed by atoms with Gasteiger partial charge in [-0.15, -0.1) is 10.2 Å². The van der Waals surface area contributed by atoms with Crippen LogP contribution in [0.4, 0.5) is 4.39 Å². The highest BCUT2D eigenvalue weighted by molar-refractivity contribution is 6.31. The molecule has 0 aliphatic rings. The molecule has 0 spiro atoms. The first-order valence-electron chi connectivity index (χ1n) is 5.82. The van der Waals surface area contributed by atoms with Gasteiger partial charge in [0.15, 0.2) is 16.6 Å². The second-order valence-electron chi connectivity index (χ2n) is 4.42. The normalized spacial score (nSPS) is 11.2. The molecule has 0 saturated carbocycles. The molecule has 0 N–H and O–H groups in total. The minimum Gasteiger partial charge on any atom is -0.206 e. The molecule has 1 aromatic carbocycles. The highest BCUT2D eigenvalue weighted by Gasteiger charge is 2.17. The molecule has 0 aliphatic heterocycles. The van der Waals surface area contributed by atoms with Crippen molar-refractivity contribution in [3.8, 4) is 11.4 Å². The second kappa shape index (κ2) is 4.68. The number of rotatable bonds is 1. The number of aromatic nitrogens is 4. The fraction of sp³-hybridized carbons (Fsp3) is 0.154. The van der Waals surface area contributed by atoms with Crippen molar-refractivity contribution in [1.82, 2.24) is 19.8 Å². The van der Waals surface area contributed by atoms with E-state index in [4.69, 9.17) is 23.2 Å². The Morgan fingerprint density at radius 2 is 1.85 bits per heavy atom. The number of aryl methyl sites for hydroxylation is 1. The van der Waals surface area contributed by atoms with Crippen LogP contribution in [0.5, 0.6) is 0 Å². The van der Waals surface area contributed by atoms with Gasteiger partial charge in [-0.05, 0) is 37.6 Å². The smallest absolute Gasteiger partial charge is 0.188 e. The van der Waals surface area contributed by atoms with Gasteiger partial charge in [0, 0.05) is 10.6 Å². The van der Waals surface area contributed by atoms with Crippen LogP contribution in [-0.4, -0.2) is 19.8 Å². The molecule has 20 heavy (non-hydrogen) atoms. The van der Waals surface area contributed by atoms with E-state index in [1.54, 1.807) is 0 Å². The minimum absolute atomic E-state index is 0.233. The third kappa shape index (κ3) is 1.94. The first kappa shape index (κ1) is 13.3. The Hall–Kier alpha value is -1.72. The van der Waals surface area contributed by atoms with E-state index in [-0.39, 0.29) is 11.4 Å². The standard InChI is InChI=1S/C13H9Cl2FN4/c1-6-7(2)12-17-18-13(20(12)19-11(6)15)9-5-8(14)3-4-10(9)16/h3-5H,1-2H3. The Kier molecular flexibility index (Phi) is 3.11. The van der Waals surface area contributed by atoms with Gasteiger partial charge in [0.25, 0.3) is 0 Å². The Bertz CT molecular complexity index is 829. The van der Waals surface area contributed by atoms with Crippen LogP contribution in [0.2, 0.25) is 10.2 Å². The fourth-order valence-electron chi connectivity index (χ4n) is 1.93. The summed E-state index contributed by atoms with van der Waals surface area (Å²) in [4.78, 5) is 0. The zero-order valence-corrected chi connectivity index (χ0v) is 12.2. The molecular formula is C13H9Cl2FN4. The first-order chi connectivity index (χ1) is 9.49. The Morgan fingerprint density at radius 1 is 1.10 bits per heavy atom. The quantitative estimate of drug-likeness (QED) is 0.685. The predicted octanol–water partition coefficient (Wildman–Crippen LogP) is 3.85. The Balaban J connectivity index is 2.36. The van der Waals surface area contributed by atoms with E-state index < -0.39 is 5.82 Å². The van der Waals surface area contributed by atoms with Crippen molar-refractivity contribution in [3.05, 3.63) is 45.3 Å². The van der Waals surface area contributed by atoms with Crippen molar-refractivity contribution >= 4 is 28.8 Å². The predicted molar refractivity (Wildman–Crippen MR) is 75.7 cm³/mol. The van der Waals surface area contributed by atoms with Crippen LogP contribution in [0.15, 0.2) is 18.2 Å². The maximum atomic E-state index is 13.9. The third-order valence-corrected chi connectivity index (χ3v) is 3.80. The zero-order chi connectivity index (χ0) is 14.4. The third-order valence-electron chi connectivity index (χ3n) is 3.21. The SMILES string of the molecule is Cc1c(Cl)nn2c(-c3cc(Cl)ccc3F)nnc2c1C. The van der Waals surface area contributed by atoms with Gasteiger partial charge in [-0.3, -0.25) is 0 Å². The molecule has 0 bridgehead atoms. The van der Waals surface area contributed by atoms with E-state index in [1.807, 2.05) is 13.8 Å². The van der Waals surface area contributed by atoms with Gasteiger partial charge in [0.1, 0.15) is 5.82 Å². The first-order valence-corrected chi connectivity index (χ1v) is 6.58. The number of fused-ring (bicyclic) bond motifs is 1. The van der Waals surface area contributed by atoms with Crippen LogP contribution >= 0.6 is 23.2 Å². The van der Waals surface area contributed by atoms with Crippen molar-refractivity contribution < 1.29 is 4.39 Å². The van der Waals surface area contributed by atoms with Crippen LogP contribution < -0.4 is 0 Å². The summed E-state index contributed by atoms with van der Waals surface area (Å²) < 4.78 is 15.4. The lowest BCUT2D eigenvalue weighted by atomic mass is 10.2. The van der Waals surface area contributed by atoms with Crippen molar-refractivity contribution in [3.63, 3.8) is 0 Å². The van der Waals surface area contributed by atoms with Crippen molar-refractivity contribution in [2.45, 2.75) is 13.8 Å². The highest BCUT2D eigenvalue weighted by atomic mass is 35.5. The van der Waals surface area contributed by atoms with Crippen LogP contribution in [0.25, 0.3) is 17.0 Å². The maximum Gasteiger partial charge on any atom is 0.188 e. The topological polar surface area (TPSA) is 43.1 Å². The molecule has 102 valence electrons. The number of nitrogens with zero attached hydrogens (tertiary/aromatic N) is 4. The average molecular weight is 311 g/mol. The molecule has 0 saturated heterocycles. The van der Waals surface area contributed by atoms with E-state index in [0.717, 1.165) is 11.1 Å². The monoisotopic (exact) mass is 310 g/mol. The molecule has 3 aromatic rings. The molecule has 7 heteroatoms. The molecule has 0 unspecified atom stereocenters. The minimum atomic E-state index is -0.445. The van der Waals surface area contributed by atoms with Crippen LogP contribution in [0.1, 0.15) is 11.1 Å². The lowest BCUT2D eigenvalue weighted by molar-refractivity contribution is 0.629. The molecular weight excluding hydrogens is 302 g/mol. The van der Waals surface area contributed by atoms with Crippen LogP contribution in [0, 0.1) is 19.7 Å². The molecule has 0 atom stereocenters. The largest absolute Gasteiger partial charge is 0.206 e. The van der Waals surface area contributed by atoms with Gasteiger partial charge in [0.05, 0.1) is 5.56 Å². The number of hydrogen-bond donors (Lipinski definition) is 0. The van der Waals surface area contributed by atoms with Crippen LogP contribution in [0.3, 0.4) is 0 Å². The summed E-state index contributed by atoms with van der Waals surface area (Å²) >= 11 is 12.0. The van der Waals surface area contributed by atoms with Crippen molar-refractivity contribution in [2.75, 3.05) is 0 Å². The summed E-state index contributed by atoms with van der Waals surface area (Å²) in [6.07, 6.45) is 0. The lowest BCUT2D eigenvalue weighted by Crippen LogP contribution is -2.01. The molecule has 2 heterocycles. The second-order valence-corrected chi connectivity index (χ2v) is 5.22. The van der Waals surface area contributed by atoms with Gasteiger partial charge in [-0.2, -0.15) is 9.61 Å².